The molecule has 4 nitrogen and oxygen atoms in total. The molecule has 0 radical (unpaired) electrons. The molecule has 0 fully saturated rings. The van der Waals surface area contributed by atoms with Gasteiger partial charge in [0.15, 0.2) is 0 Å². The van der Waals surface area contributed by atoms with E-state index in [2.05, 4.69) is 12.2 Å². The van der Waals surface area contributed by atoms with Crippen LogP contribution in [0.1, 0.15) is 30.1 Å². The number of thiocarbonyl (C=S) groups is 1. The first-order valence-electron chi connectivity index (χ1n) is 7.34. The third kappa shape index (κ3) is 6.07. The minimum absolute atomic E-state index is 0.338. The second-order valence-electron chi connectivity index (χ2n) is 5.24. The second-order valence-corrected chi connectivity index (χ2v) is 5.58. The number of hydrogen-bond donors (Lipinski definition) is 0. The Bertz CT molecular complexity index is 491. The average molecular weight is 326 g/mol. The van der Waals surface area contributed by atoms with Crippen molar-refractivity contribution in [3.63, 3.8) is 0 Å². The number of esters is 1. The van der Waals surface area contributed by atoms with Gasteiger partial charge in [0, 0.05) is 18.8 Å². The van der Waals surface area contributed by atoms with Crippen LogP contribution in [0, 0.1) is 0 Å². The molecule has 0 amide bonds. The van der Waals surface area contributed by atoms with Gasteiger partial charge in [-0.05, 0) is 57.0 Å². The van der Waals surface area contributed by atoms with E-state index in [1.807, 2.05) is 25.9 Å². The van der Waals surface area contributed by atoms with Gasteiger partial charge in [-0.3, -0.25) is 0 Å². The number of carbonyl (C=O) groups excluding carboxylic acids is 1. The van der Waals surface area contributed by atoms with Crippen LogP contribution in [0.15, 0.2) is 24.3 Å². The molecular weight excluding hydrogens is 303 g/mol. The molecule has 1 rings (SSSR count). The summed E-state index contributed by atoms with van der Waals surface area (Å²) in [7, 11) is 3.82. The number of likely N-dealkylation sites (N-methyl/N-ethyl adjacent to an activating group) is 1. The maximum absolute atomic E-state index is 13.4. The first-order valence-corrected chi connectivity index (χ1v) is 7.75. The molecule has 0 atom stereocenters. The zero-order valence-corrected chi connectivity index (χ0v) is 14.2. The molecule has 0 bridgehead atoms. The van der Waals surface area contributed by atoms with Gasteiger partial charge in [0.05, 0.1) is 5.56 Å². The van der Waals surface area contributed by atoms with Crippen LogP contribution in [-0.2, 0) is 4.74 Å². The number of ether oxygens (including phenoxy) is 1. The van der Waals surface area contributed by atoms with Crippen molar-refractivity contribution >= 4 is 29.1 Å². The maximum Gasteiger partial charge on any atom is 0.338 e. The lowest BCUT2D eigenvalue weighted by Gasteiger charge is -2.20. The number of unbranched alkanes of at least 4 members (excludes halogenated alkanes) is 1. The summed E-state index contributed by atoms with van der Waals surface area (Å²) in [5.41, 5.74) is 1.09. The molecule has 6 heteroatoms. The fourth-order valence-corrected chi connectivity index (χ4v) is 2.01. The van der Waals surface area contributed by atoms with Gasteiger partial charge in [-0.15, -0.1) is 0 Å². The summed E-state index contributed by atoms with van der Waals surface area (Å²) in [4.78, 5) is 15.2. The molecular formula is C16H23FN2O2S. The highest BCUT2D eigenvalue weighted by Gasteiger charge is 2.13. The van der Waals surface area contributed by atoms with Crippen molar-refractivity contribution < 1.29 is 13.9 Å². The molecule has 0 spiro atoms. The summed E-state index contributed by atoms with van der Waals surface area (Å²) in [5, 5.41) is -0.658. The quantitative estimate of drug-likeness (QED) is 0.317. The number of nitrogens with zero attached hydrogens (tertiary/aromatic N) is 2. The zero-order chi connectivity index (χ0) is 16.5. The molecule has 0 aliphatic carbocycles. The standard InChI is InChI=1S/C16H23FN2O2S/c1-4-5-10-19(16(17)22)14-8-6-13(7-9-14)15(20)21-12-11-18(2)3/h6-9H,4-5,10-12H2,1-3H3. The summed E-state index contributed by atoms with van der Waals surface area (Å²) >= 11 is 4.64. The highest BCUT2D eigenvalue weighted by atomic mass is 32.1. The first kappa shape index (κ1) is 18.5. The molecule has 0 unspecified atom stereocenters. The topological polar surface area (TPSA) is 32.8 Å². The third-order valence-corrected chi connectivity index (χ3v) is 3.35. The smallest absolute Gasteiger partial charge is 0.338 e. The molecule has 0 N–H and O–H groups in total. The Hall–Kier alpha value is -1.53. The molecule has 0 aliphatic rings. The fraction of sp³-hybridized carbons (Fsp3) is 0.500. The Labute approximate surface area is 136 Å². The number of hydrogen-bond acceptors (Lipinski definition) is 4. The van der Waals surface area contributed by atoms with Crippen molar-refractivity contribution in [2.45, 2.75) is 19.8 Å². The van der Waals surface area contributed by atoms with Crippen LogP contribution < -0.4 is 4.90 Å². The number of rotatable bonds is 8. The average Bonchev–Trinajstić information content (AvgIpc) is 2.47. The number of benzene rings is 1. The van der Waals surface area contributed by atoms with Crippen LogP contribution in [0.4, 0.5) is 10.1 Å². The lowest BCUT2D eigenvalue weighted by atomic mass is 10.2. The Morgan fingerprint density at radius 2 is 1.86 bits per heavy atom. The molecule has 0 aliphatic heterocycles. The summed E-state index contributed by atoms with van der Waals surface area (Å²) in [5.74, 6) is -0.378. The summed E-state index contributed by atoms with van der Waals surface area (Å²) in [6.07, 6.45) is 1.80. The first-order chi connectivity index (χ1) is 10.5. The predicted molar refractivity (Wildman–Crippen MR) is 91.2 cm³/mol. The molecule has 0 saturated heterocycles. The van der Waals surface area contributed by atoms with Gasteiger partial charge < -0.3 is 14.5 Å². The predicted octanol–water partition coefficient (Wildman–Crippen LogP) is 3.27. The Kier molecular flexibility index (Phi) is 7.98. The van der Waals surface area contributed by atoms with E-state index in [1.165, 1.54) is 4.90 Å². The van der Waals surface area contributed by atoms with Gasteiger partial charge in [-0.2, -0.15) is 4.39 Å². The van der Waals surface area contributed by atoms with Crippen LogP contribution in [-0.4, -0.2) is 49.9 Å². The van der Waals surface area contributed by atoms with E-state index < -0.39 is 5.24 Å². The molecule has 1 aromatic carbocycles. The van der Waals surface area contributed by atoms with E-state index in [-0.39, 0.29) is 5.97 Å². The van der Waals surface area contributed by atoms with Crippen LogP contribution in [0.5, 0.6) is 0 Å². The molecule has 0 saturated carbocycles. The van der Waals surface area contributed by atoms with Crippen molar-refractivity contribution in [3.8, 4) is 0 Å². The number of anilines is 1. The minimum Gasteiger partial charge on any atom is -0.461 e. The van der Waals surface area contributed by atoms with E-state index in [1.54, 1.807) is 24.3 Å². The lowest BCUT2D eigenvalue weighted by molar-refractivity contribution is 0.0482. The van der Waals surface area contributed by atoms with Gasteiger partial charge in [0.1, 0.15) is 6.61 Å². The molecule has 1 aromatic rings. The number of halogens is 1. The van der Waals surface area contributed by atoms with E-state index in [0.29, 0.717) is 30.9 Å². The zero-order valence-electron chi connectivity index (χ0n) is 13.3. The lowest BCUT2D eigenvalue weighted by Crippen LogP contribution is -2.27. The van der Waals surface area contributed by atoms with Crippen LogP contribution >= 0.6 is 12.2 Å². The Morgan fingerprint density at radius 1 is 1.23 bits per heavy atom. The van der Waals surface area contributed by atoms with Crippen LogP contribution in [0.2, 0.25) is 0 Å². The monoisotopic (exact) mass is 326 g/mol. The van der Waals surface area contributed by atoms with E-state index in [4.69, 9.17) is 4.74 Å². The molecule has 0 aromatic heterocycles. The number of carbonyl (C=O) groups is 1. The molecule has 122 valence electrons. The Morgan fingerprint density at radius 3 is 2.36 bits per heavy atom. The van der Waals surface area contributed by atoms with E-state index in [0.717, 1.165) is 12.8 Å². The van der Waals surface area contributed by atoms with Crippen LogP contribution in [0.3, 0.4) is 0 Å². The molecule has 0 heterocycles. The van der Waals surface area contributed by atoms with Gasteiger partial charge in [-0.25, -0.2) is 4.79 Å². The minimum atomic E-state index is -0.658. The van der Waals surface area contributed by atoms with E-state index in [9.17, 15) is 9.18 Å². The van der Waals surface area contributed by atoms with Gasteiger partial charge in [-0.1, -0.05) is 13.3 Å². The third-order valence-electron chi connectivity index (χ3n) is 3.13. The highest BCUT2D eigenvalue weighted by molar-refractivity contribution is 7.80. The highest BCUT2D eigenvalue weighted by Crippen LogP contribution is 2.18. The van der Waals surface area contributed by atoms with Crippen molar-refractivity contribution in [2.75, 3.05) is 38.7 Å². The maximum atomic E-state index is 13.4. The summed E-state index contributed by atoms with van der Waals surface area (Å²) in [6, 6.07) is 6.63. The van der Waals surface area contributed by atoms with E-state index >= 15 is 0 Å². The normalized spacial score (nSPS) is 10.6. The second kappa shape index (κ2) is 9.48. The molecule has 22 heavy (non-hydrogen) atoms. The van der Waals surface area contributed by atoms with Crippen molar-refractivity contribution in [2.24, 2.45) is 0 Å². The van der Waals surface area contributed by atoms with Gasteiger partial charge in [0.25, 0.3) is 5.24 Å². The van der Waals surface area contributed by atoms with Crippen LogP contribution in [0.25, 0.3) is 0 Å². The van der Waals surface area contributed by atoms with Gasteiger partial charge in [0.2, 0.25) is 0 Å². The van der Waals surface area contributed by atoms with Crippen molar-refractivity contribution in [3.05, 3.63) is 29.8 Å². The summed E-state index contributed by atoms with van der Waals surface area (Å²) in [6.45, 7) is 3.57. The van der Waals surface area contributed by atoms with Crippen molar-refractivity contribution in [1.29, 1.82) is 0 Å². The largest absolute Gasteiger partial charge is 0.461 e. The fourth-order valence-electron chi connectivity index (χ4n) is 1.82. The Balaban J connectivity index is 2.67. The summed E-state index contributed by atoms with van der Waals surface area (Å²) < 4.78 is 18.6. The van der Waals surface area contributed by atoms with Crippen molar-refractivity contribution in [1.82, 2.24) is 4.90 Å². The van der Waals surface area contributed by atoms with Gasteiger partial charge >= 0.3 is 5.97 Å². The SMILES string of the molecule is CCCCN(C(F)=S)c1ccc(C(=O)OCCN(C)C)cc1.